The Bertz CT molecular complexity index is 558. The number of nitrogens with zero attached hydrogens (tertiary/aromatic N) is 1. The van der Waals surface area contributed by atoms with Crippen LogP contribution in [0.1, 0.15) is 26.2 Å². The quantitative estimate of drug-likeness (QED) is 0.851. The summed E-state index contributed by atoms with van der Waals surface area (Å²) in [7, 11) is 0. The zero-order chi connectivity index (χ0) is 15.0. The van der Waals surface area contributed by atoms with Crippen LogP contribution < -0.4 is 5.32 Å². The Labute approximate surface area is 133 Å². The van der Waals surface area contributed by atoms with Gasteiger partial charge in [-0.3, -0.25) is 14.5 Å². The lowest BCUT2D eigenvalue weighted by Gasteiger charge is -2.25. The molecule has 0 spiro atoms. The molecule has 4 nitrogen and oxygen atoms in total. The van der Waals surface area contributed by atoms with Crippen LogP contribution in [0.2, 0.25) is 0 Å². The third kappa shape index (κ3) is 2.84. The molecule has 0 radical (unpaired) electrons. The smallest absolute Gasteiger partial charge is 0.234 e. The van der Waals surface area contributed by atoms with Crippen LogP contribution in [0.15, 0.2) is 28.7 Å². The van der Waals surface area contributed by atoms with E-state index in [4.69, 9.17) is 0 Å². The summed E-state index contributed by atoms with van der Waals surface area (Å²) in [4.78, 5) is 26.2. The van der Waals surface area contributed by atoms with Gasteiger partial charge in [-0.25, -0.2) is 0 Å². The van der Waals surface area contributed by atoms with Gasteiger partial charge in [0.2, 0.25) is 11.8 Å². The lowest BCUT2D eigenvalue weighted by Crippen LogP contribution is -2.35. The average Bonchev–Trinajstić information content (AvgIpc) is 2.70. The Kier molecular flexibility index (Phi) is 4.02. The molecule has 2 amide bonds. The van der Waals surface area contributed by atoms with Gasteiger partial charge in [0.1, 0.15) is 0 Å². The molecule has 0 bridgehead atoms. The number of hydrogen-bond acceptors (Lipinski definition) is 3. The van der Waals surface area contributed by atoms with E-state index in [2.05, 4.69) is 28.2 Å². The summed E-state index contributed by atoms with van der Waals surface area (Å²) in [5, 5.41) is 3.16. The van der Waals surface area contributed by atoms with Crippen molar-refractivity contribution in [1.82, 2.24) is 4.90 Å². The Morgan fingerprint density at radius 3 is 2.52 bits per heavy atom. The molecule has 0 aromatic heterocycles. The maximum Gasteiger partial charge on any atom is 0.234 e. The van der Waals surface area contributed by atoms with Crippen molar-refractivity contribution < 1.29 is 9.59 Å². The van der Waals surface area contributed by atoms with Crippen LogP contribution in [0.3, 0.4) is 0 Å². The van der Waals surface area contributed by atoms with Crippen LogP contribution >= 0.6 is 15.9 Å². The fraction of sp³-hybridized carbons (Fsp3) is 0.500. The van der Waals surface area contributed by atoms with Gasteiger partial charge in [0.25, 0.3) is 0 Å². The van der Waals surface area contributed by atoms with Gasteiger partial charge in [-0.2, -0.15) is 0 Å². The predicted octanol–water partition coefficient (Wildman–Crippen LogP) is 3.24. The molecule has 1 aliphatic heterocycles. The first-order valence-electron chi connectivity index (χ1n) is 7.41. The van der Waals surface area contributed by atoms with Crippen molar-refractivity contribution in [3.63, 3.8) is 0 Å². The van der Waals surface area contributed by atoms with E-state index in [-0.39, 0.29) is 30.3 Å². The number of hydrogen-bond donors (Lipinski definition) is 1. The zero-order valence-electron chi connectivity index (χ0n) is 12.0. The largest absolute Gasteiger partial charge is 0.367 e. The second-order valence-corrected chi connectivity index (χ2v) is 6.99. The number of amides is 2. The molecule has 112 valence electrons. The van der Waals surface area contributed by atoms with E-state index < -0.39 is 0 Å². The number of imide groups is 1. The minimum Gasteiger partial charge on any atom is -0.367 e. The van der Waals surface area contributed by atoms with Crippen molar-refractivity contribution in [2.75, 3.05) is 12.0 Å². The topological polar surface area (TPSA) is 49.4 Å². The molecule has 1 aromatic carbocycles. The van der Waals surface area contributed by atoms with Gasteiger partial charge < -0.3 is 5.32 Å². The minimum atomic E-state index is -0.0898. The van der Waals surface area contributed by atoms with Crippen LogP contribution in [-0.2, 0) is 9.59 Å². The van der Waals surface area contributed by atoms with Crippen LogP contribution in [0.4, 0.5) is 5.69 Å². The fourth-order valence-corrected chi connectivity index (χ4v) is 3.62. The maximum absolute atomic E-state index is 12.4. The standard InChI is InChI=1S/C16H19BrN2O2/c1-10-2-7-13-14(8-10)16(21)19(15(13)20)9-18-12-5-3-11(17)4-6-12/h3-6,10,13-14,18H,2,7-9H2,1H3/t10-,13-,14-/m1/s1. The van der Waals surface area contributed by atoms with Crippen molar-refractivity contribution in [1.29, 1.82) is 0 Å². The molecule has 1 saturated heterocycles. The monoisotopic (exact) mass is 350 g/mol. The second kappa shape index (κ2) is 5.79. The number of halogens is 1. The number of benzene rings is 1. The third-order valence-electron chi connectivity index (χ3n) is 4.56. The van der Waals surface area contributed by atoms with Gasteiger partial charge in [0, 0.05) is 10.2 Å². The van der Waals surface area contributed by atoms with E-state index >= 15 is 0 Å². The number of likely N-dealkylation sites (tertiary alicyclic amines) is 1. The third-order valence-corrected chi connectivity index (χ3v) is 5.09. The summed E-state index contributed by atoms with van der Waals surface area (Å²) in [6.07, 6.45) is 2.75. The number of carbonyl (C=O) groups is 2. The van der Waals surface area contributed by atoms with Crippen molar-refractivity contribution in [3.8, 4) is 0 Å². The molecule has 21 heavy (non-hydrogen) atoms. The van der Waals surface area contributed by atoms with Crippen molar-refractivity contribution in [2.24, 2.45) is 17.8 Å². The highest BCUT2D eigenvalue weighted by atomic mass is 79.9. The summed E-state index contributed by atoms with van der Waals surface area (Å²) in [6, 6.07) is 7.70. The number of nitrogens with one attached hydrogen (secondary N) is 1. The number of anilines is 1. The fourth-order valence-electron chi connectivity index (χ4n) is 3.35. The zero-order valence-corrected chi connectivity index (χ0v) is 13.6. The van der Waals surface area contributed by atoms with E-state index in [1.54, 1.807) is 0 Å². The van der Waals surface area contributed by atoms with Crippen molar-refractivity contribution in [2.45, 2.75) is 26.2 Å². The normalized spacial score (nSPS) is 28.7. The highest BCUT2D eigenvalue weighted by Gasteiger charge is 2.49. The average molecular weight is 351 g/mol. The SMILES string of the molecule is C[C@@H]1CC[C@H]2C(=O)N(CNc3ccc(Br)cc3)C(=O)[C@@H]2C1. The number of rotatable bonds is 3. The highest BCUT2D eigenvalue weighted by molar-refractivity contribution is 9.10. The molecular weight excluding hydrogens is 332 g/mol. The first kappa shape index (κ1) is 14.6. The van der Waals surface area contributed by atoms with Crippen LogP contribution in [0, 0.1) is 17.8 Å². The molecule has 1 aromatic rings. The summed E-state index contributed by atoms with van der Waals surface area (Å²) < 4.78 is 1.00. The summed E-state index contributed by atoms with van der Waals surface area (Å²) in [6.45, 7) is 2.43. The van der Waals surface area contributed by atoms with Gasteiger partial charge in [-0.1, -0.05) is 22.9 Å². The summed E-state index contributed by atoms with van der Waals surface area (Å²) in [5.74, 6) is 0.374. The van der Waals surface area contributed by atoms with E-state index in [1.807, 2.05) is 24.3 Å². The Morgan fingerprint density at radius 2 is 1.81 bits per heavy atom. The summed E-state index contributed by atoms with van der Waals surface area (Å²) >= 11 is 3.38. The first-order chi connectivity index (χ1) is 10.1. The molecule has 2 fully saturated rings. The van der Waals surface area contributed by atoms with Gasteiger partial charge >= 0.3 is 0 Å². The first-order valence-corrected chi connectivity index (χ1v) is 8.20. The number of fused-ring (bicyclic) bond motifs is 1. The Hall–Kier alpha value is -1.36. The predicted molar refractivity (Wildman–Crippen MR) is 84.5 cm³/mol. The van der Waals surface area contributed by atoms with E-state index in [0.29, 0.717) is 5.92 Å². The molecule has 2 aliphatic rings. The molecule has 3 atom stereocenters. The van der Waals surface area contributed by atoms with E-state index in [0.717, 1.165) is 29.4 Å². The lowest BCUT2D eigenvalue weighted by atomic mass is 9.76. The molecule has 1 saturated carbocycles. The van der Waals surface area contributed by atoms with Crippen molar-refractivity contribution in [3.05, 3.63) is 28.7 Å². The molecule has 1 aliphatic carbocycles. The van der Waals surface area contributed by atoms with Crippen molar-refractivity contribution >= 4 is 33.4 Å². The molecule has 1 N–H and O–H groups in total. The van der Waals surface area contributed by atoms with Gasteiger partial charge in [-0.15, -0.1) is 0 Å². The van der Waals surface area contributed by atoms with E-state index in [9.17, 15) is 9.59 Å². The molecule has 0 unspecified atom stereocenters. The van der Waals surface area contributed by atoms with Gasteiger partial charge in [0.15, 0.2) is 0 Å². The molecule has 1 heterocycles. The molecule has 5 heteroatoms. The number of carbonyl (C=O) groups excluding carboxylic acids is 2. The van der Waals surface area contributed by atoms with Gasteiger partial charge in [-0.05, 0) is 49.4 Å². The maximum atomic E-state index is 12.4. The highest BCUT2D eigenvalue weighted by Crippen LogP contribution is 2.40. The second-order valence-electron chi connectivity index (χ2n) is 6.08. The van der Waals surface area contributed by atoms with Crippen LogP contribution in [0.5, 0.6) is 0 Å². The molecule has 3 rings (SSSR count). The van der Waals surface area contributed by atoms with Crippen LogP contribution in [-0.4, -0.2) is 23.4 Å². The Morgan fingerprint density at radius 1 is 1.14 bits per heavy atom. The lowest BCUT2D eigenvalue weighted by molar-refractivity contribution is -0.139. The minimum absolute atomic E-state index is 0.00108. The molecular formula is C16H19BrN2O2. The van der Waals surface area contributed by atoms with Crippen LogP contribution in [0.25, 0.3) is 0 Å². The van der Waals surface area contributed by atoms with E-state index in [1.165, 1.54) is 4.90 Å². The summed E-state index contributed by atoms with van der Waals surface area (Å²) in [5.41, 5.74) is 0.905. The van der Waals surface area contributed by atoms with Gasteiger partial charge in [0.05, 0.1) is 18.5 Å². The Balaban J connectivity index is 1.67.